The van der Waals surface area contributed by atoms with Crippen molar-refractivity contribution in [3.63, 3.8) is 0 Å². The van der Waals surface area contributed by atoms with E-state index < -0.39 is 12.8 Å². The molecule has 0 aromatic heterocycles. The standard InChI is InChI=1S/C15H21F3N2O2.ClH/c1-10-4-5-12(8-20-14(21)11(2)7-19-3)13(6-10)22-9-15(16,17)18;/h4-6,11,19H,7-9H2,1-3H3,(H,20,21);1H. The fourth-order valence-corrected chi connectivity index (χ4v) is 1.86. The number of benzene rings is 1. The van der Waals surface area contributed by atoms with Crippen molar-refractivity contribution in [3.8, 4) is 5.75 Å². The Labute approximate surface area is 140 Å². The number of hydrogen-bond acceptors (Lipinski definition) is 3. The second-order valence-electron chi connectivity index (χ2n) is 5.19. The average Bonchev–Trinajstić information content (AvgIpc) is 2.43. The van der Waals surface area contributed by atoms with Crippen LogP contribution in [0, 0.1) is 12.8 Å². The number of hydrogen-bond donors (Lipinski definition) is 2. The third-order valence-electron chi connectivity index (χ3n) is 3.02. The van der Waals surface area contributed by atoms with Gasteiger partial charge in [-0.25, -0.2) is 0 Å². The van der Waals surface area contributed by atoms with Gasteiger partial charge < -0.3 is 15.4 Å². The van der Waals surface area contributed by atoms with E-state index in [9.17, 15) is 18.0 Å². The third-order valence-corrected chi connectivity index (χ3v) is 3.02. The summed E-state index contributed by atoms with van der Waals surface area (Å²) in [7, 11) is 1.74. The summed E-state index contributed by atoms with van der Waals surface area (Å²) in [5.74, 6) is -0.259. The fourth-order valence-electron chi connectivity index (χ4n) is 1.86. The molecule has 0 fully saturated rings. The molecule has 0 aliphatic carbocycles. The van der Waals surface area contributed by atoms with E-state index in [2.05, 4.69) is 10.6 Å². The van der Waals surface area contributed by atoms with Crippen LogP contribution in [0.15, 0.2) is 18.2 Å². The molecular weight excluding hydrogens is 333 g/mol. The zero-order valence-electron chi connectivity index (χ0n) is 13.3. The molecule has 132 valence electrons. The first-order valence-electron chi connectivity index (χ1n) is 6.94. The zero-order valence-corrected chi connectivity index (χ0v) is 14.1. The second-order valence-corrected chi connectivity index (χ2v) is 5.19. The number of alkyl halides is 3. The van der Waals surface area contributed by atoms with Crippen LogP contribution in [-0.2, 0) is 11.3 Å². The number of nitrogens with one attached hydrogen (secondary N) is 2. The maximum absolute atomic E-state index is 12.3. The number of carbonyl (C=O) groups is 1. The molecule has 0 saturated carbocycles. The number of carbonyl (C=O) groups excluding carboxylic acids is 1. The SMILES string of the molecule is CNCC(C)C(=O)NCc1ccc(C)cc1OCC(F)(F)F.Cl. The van der Waals surface area contributed by atoms with Crippen LogP contribution in [-0.4, -0.2) is 32.3 Å². The smallest absolute Gasteiger partial charge is 0.422 e. The number of rotatable bonds is 7. The molecule has 1 unspecified atom stereocenters. The quantitative estimate of drug-likeness (QED) is 0.791. The van der Waals surface area contributed by atoms with E-state index in [1.807, 2.05) is 0 Å². The van der Waals surface area contributed by atoms with Crippen LogP contribution < -0.4 is 15.4 Å². The molecule has 0 spiro atoms. The van der Waals surface area contributed by atoms with Gasteiger partial charge >= 0.3 is 6.18 Å². The molecule has 0 aliphatic heterocycles. The topological polar surface area (TPSA) is 50.4 Å². The van der Waals surface area contributed by atoms with Crippen molar-refractivity contribution >= 4 is 18.3 Å². The summed E-state index contributed by atoms with van der Waals surface area (Å²) in [5.41, 5.74) is 1.30. The van der Waals surface area contributed by atoms with Crippen LogP contribution >= 0.6 is 12.4 Å². The van der Waals surface area contributed by atoms with Crippen LogP contribution in [0.5, 0.6) is 5.75 Å². The van der Waals surface area contributed by atoms with Gasteiger partial charge in [-0.2, -0.15) is 13.2 Å². The van der Waals surface area contributed by atoms with Crippen LogP contribution in [0.2, 0.25) is 0 Å². The maximum atomic E-state index is 12.3. The van der Waals surface area contributed by atoms with Gasteiger partial charge in [-0.15, -0.1) is 12.4 Å². The molecule has 1 aromatic rings. The van der Waals surface area contributed by atoms with Gasteiger partial charge in [0, 0.05) is 24.6 Å². The van der Waals surface area contributed by atoms with Gasteiger partial charge in [-0.3, -0.25) is 4.79 Å². The van der Waals surface area contributed by atoms with Gasteiger partial charge in [0.15, 0.2) is 6.61 Å². The van der Waals surface area contributed by atoms with Gasteiger partial charge in [0.1, 0.15) is 5.75 Å². The molecule has 0 aliphatic rings. The minimum absolute atomic E-state index is 0. The van der Waals surface area contributed by atoms with Crippen molar-refractivity contribution < 1.29 is 22.7 Å². The van der Waals surface area contributed by atoms with Crippen LogP contribution in [0.3, 0.4) is 0 Å². The molecule has 1 amide bonds. The largest absolute Gasteiger partial charge is 0.484 e. The summed E-state index contributed by atoms with van der Waals surface area (Å²) in [5, 5.41) is 5.59. The molecule has 1 rings (SSSR count). The average molecular weight is 355 g/mol. The Morgan fingerprint density at radius 3 is 2.57 bits per heavy atom. The summed E-state index contributed by atoms with van der Waals surface area (Å²) >= 11 is 0. The highest BCUT2D eigenvalue weighted by Gasteiger charge is 2.28. The van der Waals surface area contributed by atoms with Gasteiger partial charge in [0.05, 0.1) is 0 Å². The Bertz CT molecular complexity index is 510. The number of aryl methyl sites for hydroxylation is 1. The summed E-state index contributed by atoms with van der Waals surface area (Å²) in [6, 6.07) is 4.95. The first-order valence-corrected chi connectivity index (χ1v) is 6.94. The van der Waals surface area contributed by atoms with E-state index in [1.165, 1.54) is 6.07 Å². The highest BCUT2D eigenvalue weighted by Crippen LogP contribution is 2.23. The Morgan fingerprint density at radius 1 is 1.35 bits per heavy atom. The van der Waals surface area contributed by atoms with E-state index >= 15 is 0 Å². The highest BCUT2D eigenvalue weighted by atomic mass is 35.5. The number of halogens is 4. The molecule has 23 heavy (non-hydrogen) atoms. The lowest BCUT2D eigenvalue weighted by atomic mass is 10.1. The van der Waals surface area contributed by atoms with E-state index in [4.69, 9.17) is 4.74 Å². The van der Waals surface area contributed by atoms with E-state index in [0.717, 1.165) is 5.56 Å². The molecular formula is C15H22ClF3N2O2. The van der Waals surface area contributed by atoms with E-state index in [-0.39, 0.29) is 36.5 Å². The second kappa shape index (κ2) is 9.62. The molecule has 1 atom stereocenters. The van der Waals surface area contributed by atoms with Crippen molar-refractivity contribution in [3.05, 3.63) is 29.3 Å². The lowest BCUT2D eigenvalue weighted by Gasteiger charge is -2.16. The normalized spacial score (nSPS) is 12.3. The zero-order chi connectivity index (χ0) is 16.8. The Balaban J connectivity index is 0.00000484. The van der Waals surface area contributed by atoms with Crippen molar-refractivity contribution in [1.29, 1.82) is 0 Å². The summed E-state index contributed by atoms with van der Waals surface area (Å²) in [6.07, 6.45) is -4.40. The Hall–Kier alpha value is -1.47. The van der Waals surface area contributed by atoms with E-state index in [1.54, 1.807) is 33.0 Å². The minimum Gasteiger partial charge on any atom is -0.484 e. The first kappa shape index (κ1) is 21.5. The molecule has 0 bridgehead atoms. The predicted octanol–water partition coefficient (Wildman–Crippen LogP) is 2.83. The fraction of sp³-hybridized carbons (Fsp3) is 0.533. The summed E-state index contributed by atoms with van der Waals surface area (Å²) < 4.78 is 41.7. The lowest BCUT2D eigenvalue weighted by Crippen LogP contribution is -2.34. The first-order chi connectivity index (χ1) is 10.2. The van der Waals surface area contributed by atoms with Crippen LogP contribution in [0.25, 0.3) is 0 Å². The van der Waals surface area contributed by atoms with Crippen molar-refractivity contribution in [1.82, 2.24) is 10.6 Å². The van der Waals surface area contributed by atoms with E-state index in [0.29, 0.717) is 12.1 Å². The van der Waals surface area contributed by atoms with Gasteiger partial charge in [-0.1, -0.05) is 19.1 Å². The lowest BCUT2D eigenvalue weighted by molar-refractivity contribution is -0.153. The maximum Gasteiger partial charge on any atom is 0.422 e. The van der Waals surface area contributed by atoms with Gasteiger partial charge in [0.25, 0.3) is 0 Å². The minimum atomic E-state index is -4.40. The third kappa shape index (κ3) is 8.08. The van der Waals surface area contributed by atoms with Crippen LogP contribution in [0.4, 0.5) is 13.2 Å². The molecule has 0 heterocycles. The molecule has 8 heteroatoms. The van der Waals surface area contributed by atoms with Gasteiger partial charge in [-0.05, 0) is 25.6 Å². The summed E-state index contributed by atoms with van der Waals surface area (Å²) in [6.45, 7) is 2.82. The van der Waals surface area contributed by atoms with Crippen molar-refractivity contribution in [2.24, 2.45) is 5.92 Å². The monoisotopic (exact) mass is 354 g/mol. The van der Waals surface area contributed by atoms with Crippen molar-refractivity contribution in [2.45, 2.75) is 26.6 Å². The molecule has 0 radical (unpaired) electrons. The highest BCUT2D eigenvalue weighted by molar-refractivity contribution is 5.85. The van der Waals surface area contributed by atoms with Crippen molar-refractivity contribution in [2.75, 3.05) is 20.2 Å². The number of ether oxygens (including phenoxy) is 1. The van der Waals surface area contributed by atoms with Gasteiger partial charge in [0.2, 0.25) is 5.91 Å². The summed E-state index contributed by atoms with van der Waals surface area (Å²) in [4.78, 5) is 11.8. The Kier molecular flexibility index (Phi) is 9.01. The van der Waals surface area contributed by atoms with Crippen LogP contribution in [0.1, 0.15) is 18.1 Å². The number of amides is 1. The molecule has 0 saturated heterocycles. The Morgan fingerprint density at radius 2 is 2.00 bits per heavy atom. The molecule has 1 aromatic carbocycles. The molecule has 2 N–H and O–H groups in total. The predicted molar refractivity (Wildman–Crippen MR) is 84.9 cm³/mol. The molecule has 4 nitrogen and oxygen atoms in total.